The van der Waals surface area contributed by atoms with Crippen LogP contribution in [0.25, 0.3) is 5.69 Å². The van der Waals surface area contributed by atoms with E-state index in [-0.39, 0.29) is 23.2 Å². The Labute approximate surface area is 175 Å². The Morgan fingerprint density at radius 1 is 1.17 bits per heavy atom. The second-order valence-corrected chi connectivity index (χ2v) is 8.28. The summed E-state index contributed by atoms with van der Waals surface area (Å²) in [6, 6.07) is 10.5. The van der Waals surface area contributed by atoms with Crippen LogP contribution in [0.4, 0.5) is 23.2 Å². The molecule has 1 heterocycles. The maximum Gasteiger partial charge on any atom is 0.573 e. The van der Waals surface area contributed by atoms with Gasteiger partial charge < -0.3 is 10.1 Å². The number of ether oxygens (including phenoxy) is 1. The van der Waals surface area contributed by atoms with Crippen molar-refractivity contribution in [2.75, 3.05) is 11.1 Å². The second kappa shape index (κ2) is 8.93. The number of hydrogen-bond donors (Lipinski definition) is 1. The average Bonchev–Trinajstić information content (AvgIpc) is 3.02. The Kier molecular flexibility index (Phi) is 6.55. The zero-order valence-electron chi connectivity index (χ0n) is 14.3. The fourth-order valence-electron chi connectivity index (χ4n) is 2.13. The molecule has 12 heteroatoms. The number of alkyl halides is 3. The number of aromatic nitrogens is 2. The summed E-state index contributed by atoms with van der Waals surface area (Å²) >= 11 is 7.60. The Bertz CT molecular complexity index is 1050. The van der Waals surface area contributed by atoms with Gasteiger partial charge in [-0.2, -0.15) is 0 Å². The highest BCUT2D eigenvalue weighted by molar-refractivity contribution is 8.01. The van der Waals surface area contributed by atoms with Crippen LogP contribution in [-0.4, -0.2) is 27.8 Å². The van der Waals surface area contributed by atoms with Crippen LogP contribution in [0.5, 0.6) is 5.75 Å². The van der Waals surface area contributed by atoms with Gasteiger partial charge in [0.2, 0.25) is 5.91 Å². The number of anilines is 1. The van der Waals surface area contributed by atoms with Crippen molar-refractivity contribution in [3.05, 3.63) is 58.3 Å². The van der Waals surface area contributed by atoms with Crippen molar-refractivity contribution < 1.29 is 27.1 Å². The molecule has 2 aromatic carbocycles. The Morgan fingerprint density at radius 3 is 2.45 bits per heavy atom. The number of halogens is 4. The summed E-state index contributed by atoms with van der Waals surface area (Å²) in [7, 11) is 0. The zero-order valence-corrected chi connectivity index (χ0v) is 16.7. The number of amides is 1. The molecule has 0 unspecified atom stereocenters. The van der Waals surface area contributed by atoms with E-state index in [1.165, 1.54) is 52.4 Å². The van der Waals surface area contributed by atoms with Crippen LogP contribution in [0.1, 0.15) is 0 Å². The van der Waals surface area contributed by atoms with Crippen molar-refractivity contribution >= 4 is 46.9 Å². The molecule has 0 saturated heterocycles. The fraction of sp³-hybridized carbons (Fsp3) is 0.118. The molecular weight excluding hydrogens is 450 g/mol. The quantitative estimate of drug-likeness (QED) is 0.301. The highest BCUT2D eigenvalue weighted by Gasteiger charge is 2.30. The summed E-state index contributed by atoms with van der Waals surface area (Å²) in [4.78, 5) is 12.1. The smallest absolute Gasteiger partial charge is 0.406 e. The molecule has 3 aromatic rings. The van der Waals surface area contributed by atoms with Gasteiger partial charge >= 0.3 is 6.36 Å². The van der Waals surface area contributed by atoms with E-state index < -0.39 is 6.36 Å². The number of rotatable bonds is 6. The van der Waals surface area contributed by atoms with Gasteiger partial charge in [0.1, 0.15) is 11.6 Å². The third-order valence-corrected chi connectivity index (χ3v) is 5.66. The van der Waals surface area contributed by atoms with E-state index in [4.69, 9.17) is 12.2 Å². The molecule has 1 amide bonds. The minimum Gasteiger partial charge on any atom is -0.406 e. The van der Waals surface area contributed by atoms with Crippen LogP contribution >= 0.6 is 35.3 Å². The average molecular weight is 461 g/mol. The first kappa shape index (κ1) is 21.3. The normalized spacial score (nSPS) is 11.3. The first-order chi connectivity index (χ1) is 13.7. The third-order valence-electron chi connectivity index (χ3n) is 3.30. The molecule has 0 fully saturated rings. The van der Waals surface area contributed by atoms with Gasteiger partial charge in [-0.15, -0.1) is 18.3 Å². The summed E-state index contributed by atoms with van der Waals surface area (Å²) < 4.78 is 55.7. The van der Waals surface area contributed by atoms with Gasteiger partial charge in [-0.05, 0) is 60.7 Å². The lowest BCUT2D eigenvalue weighted by molar-refractivity contribution is -0.274. The largest absolute Gasteiger partial charge is 0.573 e. The van der Waals surface area contributed by atoms with Gasteiger partial charge in [0.25, 0.3) is 0 Å². The van der Waals surface area contributed by atoms with Crippen LogP contribution in [-0.2, 0) is 4.79 Å². The summed E-state index contributed by atoms with van der Waals surface area (Å²) in [6.07, 6.45) is -4.77. The first-order valence-electron chi connectivity index (χ1n) is 7.84. The van der Waals surface area contributed by atoms with Crippen molar-refractivity contribution in [2.45, 2.75) is 10.7 Å². The highest BCUT2D eigenvalue weighted by atomic mass is 32.2. The van der Waals surface area contributed by atoms with Crippen LogP contribution < -0.4 is 10.1 Å². The number of carbonyl (C=O) groups excluding carboxylic acids is 1. The SMILES string of the molecule is O=C(CSc1nn(-c2ccc(F)cc2)c(=S)s1)Nc1ccc(OC(F)(F)F)cc1. The Balaban J connectivity index is 1.56. The number of benzene rings is 2. The molecule has 0 spiro atoms. The van der Waals surface area contributed by atoms with Gasteiger partial charge in [0, 0.05) is 5.69 Å². The molecule has 0 atom stereocenters. The molecule has 0 aliphatic heterocycles. The Morgan fingerprint density at radius 2 is 1.83 bits per heavy atom. The van der Waals surface area contributed by atoms with Gasteiger partial charge in [-0.1, -0.05) is 23.1 Å². The van der Waals surface area contributed by atoms with E-state index in [0.717, 1.165) is 23.9 Å². The maximum atomic E-state index is 13.0. The molecule has 0 bridgehead atoms. The van der Waals surface area contributed by atoms with Crippen molar-refractivity contribution in [2.24, 2.45) is 0 Å². The molecule has 5 nitrogen and oxygen atoms in total. The van der Waals surface area contributed by atoms with Crippen molar-refractivity contribution in [1.82, 2.24) is 9.78 Å². The van der Waals surface area contributed by atoms with Gasteiger partial charge in [0.15, 0.2) is 8.29 Å². The van der Waals surface area contributed by atoms with Crippen LogP contribution in [0.2, 0.25) is 0 Å². The number of carbonyl (C=O) groups is 1. The zero-order chi connectivity index (χ0) is 21.0. The van der Waals surface area contributed by atoms with E-state index in [1.807, 2.05) is 0 Å². The fourth-order valence-corrected chi connectivity index (χ4v) is 4.29. The lowest BCUT2D eigenvalue weighted by atomic mass is 10.3. The van der Waals surface area contributed by atoms with Crippen LogP contribution in [0, 0.1) is 9.77 Å². The first-order valence-corrected chi connectivity index (χ1v) is 10.1. The van der Waals surface area contributed by atoms with Crippen LogP contribution in [0.15, 0.2) is 52.9 Å². The maximum absolute atomic E-state index is 13.0. The molecule has 0 saturated carbocycles. The molecule has 3 rings (SSSR count). The summed E-state index contributed by atoms with van der Waals surface area (Å²) in [5.41, 5.74) is 0.930. The number of hydrogen-bond acceptors (Lipinski definition) is 6. The highest BCUT2D eigenvalue weighted by Crippen LogP contribution is 2.26. The minimum absolute atomic E-state index is 0.0203. The predicted molar refractivity (Wildman–Crippen MR) is 105 cm³/mol. The van der Waals surface area contributed by atoms with E-state index in [2.05, 4.69) is 15.2 Å². The van der Waals surface area contributed by atoms with E-state index in [0.29, 0.717) is 19.7 Å². The van der Waals surface area contributed by atoms with Gasteiger partial charge in [-0.25, -0.2) is 9.07 Å². The standard InChI is InChI=1S/C17H11F4N3O2S3/c18-10-1-5-12(6-2-10)24-16(27)29-15(23-24)28-9-14(25)22-11-3-7-13(8-4-11)26-17(19,20)21/h1-8H,9H2,(H,22,25). The van der Waals surface area contributed by atoms with E-state index in [9.17, 15) is 22.4 Å². The third kappa shape index (κ3) is 6.27. The predicted octanol–water partition coefficient (Wildman–Crippen LogP) is 5.43. The van der Waals surface area contributed by atoms with Crippen molar-refractivity contribution in [3.8, 4) is 11.4 Å². The topological polar surface area (TPSA) is 56.2 Å². The minimum atomic E-state index is -4.77. The Hall–Kier alpha value is -2.44. The van der Waals surface area contributed by atoms with Crippen molar-refractivity contribution in [3.63, 3.8) is 0 Å². The molecule has 1 N–H and O–H groups in total. The molecular formula is C17H11F4N3O2S3. The monoisotopic (exact) mass is 461 g/mol. The van der Waals surface area contributed by atoms with Gasteiger partial charge in [0.05, 0.1) is 11.4 Å². The van der Waals surface area contributed by atoms with E-state index >= 15 is 0 Å². The molecule has 0 aliphatic carbocycles. The lowest BCUT2D eigenvalue weighted by Gasteiger charge is -2.09. The number of nitrogens with one attached hydrogen (secondary N) is 1. The molecule has 152 valence electrons. The van der Waals surface area contributed by atoms with Gasteiger partial charge in [-0.3, -0.25) is 4.79 Å². The summed E-state index contributed by atoms with van der Waals surface area (Å²) in [6.45, 7) is 0. The molecule has 1 aromatic heterocycles. The van der Waals surface area contributed by atoms with Crippen molar-refractivity contribution in [1.29, 1.82) is 0 Å². The number of thioether (sulfide) groups is 1. The second-order valence-electron chi connectivity index (χ2n) is 5.43. The summed E-state index contributed by atoms with van der Waals surface area (Å²) in [5.74, 6) is -1.10. The lowest BCUT2D eigenvalue weighted by Crippen LogP contribution is -2.17. The number of nitrogens with zero attached hydrogens (tertiary/aromatic N) is 2. The molecule has 29 heavy (non-hydrogen) atoms. The molecule has 0 aliphatic rings. The van der Waals surface area contributed by atoms with E-state index in [1.54, 1.807) is 0 Å². The summed E-state index contributed by atoms with van der Waals surface area (Å²) in [5, 5.41) is 6.87. The molecule has 0 radical (unpaired) electrons. The van der Waals surface area contributed by atoms with Crippen LogP contribution in [0.3, 0.4) is 0 Å².